The van der Waals surface area contributed by atoms with Crippen LogP contribution in [0.1, 0.15) is 22.5 Å². The molecule has 1 N–H and O–H groups in total. The number of carbonyl (C=O) groups is 1. The number of halogens is 1. The quantitative estimate of drug-likeness (QED) is 0.903. The first-order valence-corrected chi connectivity index (χ1v) is 8.24. The van der Waals surface area contributed by atoms with Crippen molar-refractivity contribution < 1.29 is 13.2 Å². The Bertz CT molecular complexity index is 523. The van der Waals surface area contributed by atoms with Gasteiger partial charge >= 0.3 is 0 Å². The average molecular weight is 294 g/mol. The van der Waals surface area contributed by atoms with E-state index in [4.69, 9.17) is 11.6 Å². The highest BCUT2D eigenvalue weighted by atomic mass is 35.5. The SMILES string of the molecule is O=C(N[C@H]1CCCS(=O)(=O)C1)c1ccc(Cl)s1. The van der Waals surface area contributed by atoms with Gasteiger partial charge in [0.1, 0.15) is 0 Å². The minimum absolute atomic E-state index is 0.0395. The third-order valence-electron chi connectivity index (χ3n) is 2.60. The highest BCUT2D eigenvalue weighted by molar-refractivity contribution is 7.91. The van der Waals surface area contributed by atoms with E-state index in [1.54, 1.807) is 12.1 Å². The Morgan fingerprint density at radius 2 is 2.24 bits per heavy atom. The molecule has 2 rings (SSSR count). The standard InChI is InChI=1S/C10H12ClNO3S2/c11-9-4-3-8(16-9)10(13)12-7-2-1-5-17(14,15)6-7/h3-4,7H,1-2,5-6H2,(H,12,13)/t7-/m0/s1. The fourth-order valence-electron chi connectivity index (χ4n) is 1.83. The summed E-state index contributed by atoms with van der Waals surface area (Å²) in [6.07, 6.45) is 1.32. The third kappa shape index (κ3) is 3.43. The van der Waals surface area contributed by atoms with Gasteiger partial charge in [-0.3, -0.25) is 4.79 Å². The highest BCUT2D eigenvalue weighted by Crippen LogP contribution is 2.21. The van der Waals surface area contributed by atoms with E-state index in [-0.39, 0.29) is 23.5 Å². The maximum absolute atomic E-state index is 11.8. The fraction of sp³-hybridized carbons (Fsp3) is 0.500. The maximum Gasteiger partial charge on any atom is 0.261 e. The van der Waals surface area contributed by atoms with Gasteiger partial charge in [-0.1, -0.05) is 11.6 Å². The molecule has 1 amide bonds. The normalized spacial score (nSPS) is 23.2. The molecule has 4 nitrogen and oxygen atoms in total. The zero-order valence-corrected chi connectivity index (χ0v) is 11.4. The van der Waals surface area contributed by atoms with Crippen molar-refractivity contribution in [3.63, 3.8) is 0 Å². The van der Waals surface area contributed by atoms with E-state index in [1.165, 1.54) is 11.3 Å². The minimum Gasteiger partial charge on any atom is -0.348 e. The molecule has 2 heterocycles. The summed E-state index contributed by atoms with van der Waals surface area (Å²) >= 11 is 6.92. The molecule has 0 radical (unpaired) electrons. The van der Waals surface area contributed by atoms with E-state index in [1.807, 2.05) is 0 Å². The predicted molar refractivity (Wildman–Crippen MR) is 68.5 cm³/mol. The van der Waals surface area contributed by atoms with Crippen molar-refractivity contribution in [2.24, 2.45) is 0 Å². The van der Waals surface area contributed by atoms with Crippen LogP contribution < -0.4 is 5.32 Å². The summed E-state index contributed by atoms with van der Waals surface area (Å²) in [5.41, 5.74) is 0. The van der Waals surface area contributed by atoms with Crippen LogP contribution in [0.25, 0.3) is 0 Å². The van der Waals surface area contributed by atoms with Gasteiger partial charge in [0.25, 0.3) is 5.91 Å². The fourth-order valence-corrected chi connectivity index (χ4v) is 4.41. The van der Waals surface area contributed by atoms with Crippen LogP contribution in [0.2, 0.25) is 4.34 Å². The number of rotatable bonds is 2. The van der Waals surface area contributed by atoms with Crippen molar-refractivity contribution in [1.29, 1.82) is 0 Å². The number of hydrogen-bond donors (Lipinski definition) is 1. The number of nitrogens with one attached hydrogen (secondary N) is 1. The van der Waals surface area contributed by atoms with Crippen molar-refractivity contribution in [1.82, 2.24) is 5.32 Å². The van der Waals surface area contributed by atoms with Gasteiger partial charge in [-0.2, -0.15) is 0 Å². The molecule has 0 spiro atoms. The van der Waals surface area contributed by atoms with Crippen LogP contribution in [0.3, 0.4) is 0 Å². The van der Waals surface area contributed by atoms with E-state index < -0.39 is 9.84 Å². The first-order chi connectivity index (χ1) is 7.96. The molecule has 0 saturated carbocycles. The lowest BCUT2D eigenvalue weighted by atomic mass is 10.2. The minimum atomic E-state index is -2.99. The molecule has 0 bridgehead atoms. The Balaban J connectivity index is 1.99. The molecular formula is C10H12ClNO3S2. The molecule has 94 valence electrons. The zero-order valence-electron chi connectivity index (χ0n) is 8.98. The van der Waals surface area contributed by atoms with Gasteiger partial charge in [0.2, 0.25) is 0 Å². The largest absolute Gasteiger partial charge is 0.348 e. The van der Waals surface area contributed by atoms with Gasteiger partial charge in [-0.05, 0) is 25.0 Å². The zero-order chi connectivity index (χ0) is 12.5. The monoisotopic (exact) mass is 293 g/mol. The number of carbonyl (C=O) groups excluding carboxylic acids is 1. The summed E-state index contributed by atoms with van der Waals surface area (Å²) in [4.78, 5) is 12.3. The van der Waals surface area contributed by atoms with Crippen LogP contribution in [0.4, 0.5) is 0 Å². The average Bonchev–Trinajstić information content (AvgIpc) is 2.63. The summed E-state index contributed by atoms with van der Waals surface area (Å²) in [5.74, 6) is 0.0196. The van der Waals surface area contributed by atoms with Crippen LogP contribution in [-0.4, -0.2) is 31.9 Å². The molecule has 0 aliphatic carbocycles. The van der Waals surface area contributed by atoms with E-state index in [2.05, 4.69) is 5.32 Å². The number of thiophene rings is 1. The van der Waals surface area contributed by atoms with Gasteiger partial charge < -0.3 is 5.32 Å². The predicted octanol–water partition coefficient (Wildman–Crippen LogP) is 1.71. The highest BCUT2D eigenvalue weighted by Gasteiger charge is 2.26. The second kappa shape index (κ2) is 4.96. The number of hydrogen-bond acceptors (Lipinski definition) is 4. The molecule has 1 saturated heterocycles. The Labute approximate surface area is 109 Å². The Morgan fingerprint density at radius 1 is 1.47 bits per heavy atom. The maximum atomic E-state index is 11.8. The van der Waals surface area contributed by atoms with Crippen LogP contribution in [-0.2, 0) is 9.84 Å². The van der Waals surface area contributed by atoms with E-state index in [0.29, 0.717) is 22.1 Å². The molecular weight excluding hydrogens is 282 g/mol. The summed E-state index contributed by atoms with van der Waals surface area (Å²) in [6, 6.07) is 3.01. The van der Waals surface area contributed by atoms with Crippen LogP contribution in [0, 0.1) is 0 Å². The van der Waals surface area contributed by atoms with E-state index in [9.17, 15) is 13.2 Å². The van der Waals surface area contributed by atoms with E-state index in [0.717, 1.165) is 0 Å². The molecule has 1 aromatic rings. The van der Waals surface area contributed by atoms with Gasteiger partial charge in [0, 0.05) is 6.04 Å². The Morgan fingerprint density at radius 3 is 2.82 bits per heavy atom. The summed E-state index contributed by atoms with van der Waals surface area (Å²) in [6.45, 7) is 0. The van der Waals surface area contributed by atoms with Crippen molar-refractivity contribution in [2.75, 3.05) is 11.5 Å². The number of amides is 1. The summed E-state index contributed by atoms with van der Waals surface area (Å²) < 4.78 is 23.4. The lowest BCUT2D eigenvalue weighted by molar-refractivity contribution is 0.0942. The molecule has 1 fully saturated rings. The van der Waals surface area contributed by atoms with Gasteiger partial charge in [0.15, 0.2) is 9.84 Å². The smallest absolute Gasteiger partial charge is 0.261 e. The molecule has 1 atom stereocenters. The van der Waals surface area contributed by atoms with Crippen molar-refractivity contribution in [3.05, 3.63) is 21.3 Å². The van der Waals surface area contributed by atoms with Crippen molar-refractivity contribution in [3.8, 4) is 0 Å². The van der Waals surface area contributed by atoms with Gasteiger partial charge in [-0.25, -0.2) is 8.42 Å². The third-order valence-corrected chi connectivity index (χ3v) is 5.65. The molecule has 1 aliphatic heterocycles. The second-order valence-electron chi connectivity index (χ2n) is 4.03. The summed E-state index contributed by atoms with van der Waals surface area (Å²) in [7, 11) is -2.99. The molecule has 0 aromatic carbocycles. The second-order valence-corrected chi connectivity index (χ2v) is 7.97. The summed E-state index contributed by atoms with van der Waals surface area (Å²) in [5, 5.41) is 2.74. The number of sulfone groups is 1. The van der Waals surface area contributed by atoms with E-state index >= 15 is 0 Å². The van der Waals surface area contributed by atoms with Crippen LogP contribution in [0.15, 0.2) is 12.1 Å². The molecule has 0 unspecified atom stereocenters. The van der Waals surface area contributed by atoms with Gasteiger partial charge in [-0.15, -0.1) is 11.3 Å². The lowest BCUT2D eigenvalue weighted by Gasteiger charge is -2.22. The molecule has 17 heavy (non-hydrogen) atoms. The topological polar surface area (TPSA) is 63.2 Å². The van der Waals surface area contributed by atoms with Crippen molar-refractivity contribution in [2.45, 2.75) is 18.9 Å². The molecule has 1 aliphatic rings. The van der Waals surface area contributed by atoms with Crippen LogP contribution in [0.5, 0.6) is 0 Å². The first-order valence-electron chi connectivity index (χ1n) is 5.23. The lowest BCUT2D eigenvalue weighted by Crippen LogP contribution is -2.42. The van der Waals surface area contributed by atoms with Gasteiger partial charge in [0.05, 0.1) is 20.7 Å². The molecule has 7 heteroatoms. The van der Waals surface area contributed by atoms with Crippen LogP contribution >= 0.6 is 22.9 Å². The molecule has 1 aromatic heterocycles. The van der Waals surface area contributed by atoms with Crippen molar-refractivity contribution >= 4 is 38.7 Å². The first kappa shape index (κ1) is 12.9. The Hall–Kier alpha value is -0.590. The Kier molecular flexibility index (Phi) is 3.75.